The third kappa shape index (κ3) is 2.75. The van der Waals surface area contributed by atoms with E-state index in [1.165, 1.54) is 5.56 Å². The van der Waals surface area contributed by atoms with Crippen LogP contribution in [0.3, 0.4) is 0 Å². The molecule has 0 amide bonds. The van der Waals surface area contributed by atoms with Gasteiger partial charge in [-0.2, -0.15) is 0 Å². The average Bonchev–Trinajstić information content (AvgIpc) is 2.79. The van der Waals surface area contributed by atoms with E-state index in [-0.39, 0.29) is 5.97 Å². The minimum atomic E-state index is -0.117. The third-order valence-corrected chi connectivity index (χ3v) is 3.24. The van der Waals surface area contributed by atoms with E-state index < -0.39 is 0 Å². The van der Waals surface area contributed by atoms with Crippen LogP contribution in [0.1, 0.15) is 31.2 Å². The monoisotopic (exact) mass is 249 g/mol. The summed E-state index contributed by atoms with van der Waals surface area (Å²) in [6.45, 7) is 3.16. The zero-order valence-electron chi connectivity index (χ0n) is 10.9. The molecule has 98 valence electrons. The molecule has 1 aromatic rings. The van der Waals surface area contributed by atoms with E-state index >= 15 is 0 Å². The van der Waals surface area contributed by atoms with Gasteiger partial charge < -0.3 is 14.8 Å². The predicted octanol–water partition coefficient (Wildman–Crippen LogP) is 2.55. The van der Waals surface area contributed by atoms with Gasteiger partial charge in [0.1, 0.15) is 5.75 Å². The van der Waals surface area contributed by atoms with E-state index in [0.717, 1.165) is 24.4 Å². The number of benzene rings is 1. The topological polar surface area (TPSA) is 47.6 Å². The largest absolute Gasteiger partial charge is 0.497 e. The zero-order chi connectivity index (χ0) is 13.0. The van der Waals surface area contributed by atoms with E-state index in [1.54, 1.807) is 7.11 Å². The average molecular weight is 249 g/mol. The van der Waals surface area contributed by atoms with Crippen LogP contribution in [0.4, 0.5) is 5.69 Å². The normalized spacial score (nSPS) is 16.9. The fourth-order valence-electron chi connectivity index (χ4n) is 2.29. The fourth-order valence-corrected chi connectivity index (χ4v) is 2.29. The molecule has 0 aliphatic carbocycles. The summed E-state index contributed by atoms with van der Waals surface area (Å²) >= 11 is 0. The number of hydrogen-bond acceptors (Lipinski definition) is 4. The molecule has 1 N–H and O–H groups in total. The summed E-state index contributed by atoms with van der Waals surface area (Å²) in [7, 11) is 1.66. The summed E-state index contributed by atoms with van der Waals surface area (Å²) in [5.74, 6) is 1.10. The summed E-state index contributed by atoms with van der Waals surface area (Å²) in [5.41, 5.74) is 2.38. The highest BCUT2D eigenvalue weighted by atomic mass is 16.5. The van der Waals surface area contributed by atoms with E-state index in [1.807, 2.05) is 25.1 Å². The lowest BCUT2D eigenvalue weighted by Gasteiger charge is -2.10. The molecule has 0 bridgehead atoms. The van der Waals surface area contributed by atoms with Crippen molar-refractivity contribution in [3.63, 3.8) is 0 Å². The van der Waals surface area contributed by atoms with E-state index in [4.69, 9.17) is 9.47 Å². The standard InChI is InChI=1S/C14H19NO3/c1-3-18-14(16)7-4-10-9-15-13-6-5-11(17-2)8-12(10)13/h5-6,8,10,15H,3-4,7,9H2,1-2H3/t10-/m1/s1. The van der Waals surface area contributed by atoms with Crippen LogP contribution < -0.4 is 10.1 Å². The lowest BCUT2D eigenvalue weighted by Crippen LogP contribution is -2.08. The molecule has 0 saturated carbocycles. The highest BCUT2D eigenvalue weighted by molar-refractivity contribution is 5.69. The van der Waals surface area contributed by atoms with Crippen LogP contribution in [0.2, 0.25) is 0 Å². The molecule has 1 heterocycles. The van der Waals surface area contributed by atoms with Crippen LogP contribution in [-0.2, 0) is 9.53 Å². The Bertz CT molecular complexity index is 431. The first-order valence-corrected chi connectivity index (χ1v) is 6.32. The number of nitrogens with one attached hydrogen (secondary N) is 1. The van der Waals surface area contributed by atoms with Gasteiger partial charge in [-0.05, 0) is 37.1 Å². The van der Waals surface area contributed by atoms with Crippen molar-refractivity contribution in [2.24, 2.45) is 0 Å². The van der Waals surface area contributed by atoms with Gasteiger partial charge in [-0.15, -0.1) is 0 Å². The Morgan fingerprint density at radius 3 is 3.06 bits per heavy atom. The number of esters is 1. The summed E-state index contributed by atoms with van der Waals surface area (Å²) in [4.78, 5) is 11.4. The molecule has 0 unspecified atom stereocenters. The minimum Gasteiger partial charge on any atom is -0.497 e. The second-order valence-corrected chi connectivity index (χ2v) is 4.37. The van der Waals surface area contributed by atoms with Crippen molar-refractivity contribution in [3.8, 4) is 5.75 Å². The Labute approximate surface area is 107 Å². The molecule has 0 fully saturated rings. The molecule has 1 aliphatic rings. The number of fused-ring (bicyclic) bond motifs is 1. The van der Waals surface area contributed by atoms with Crippen molar-refractivity contribution < 1.29 is 14.3 Å². The second-order valence-electron chi connectivity index (χ2n) is 4.37. The molecule has 0 saturated heterocycles. The molecule has 18 heavy (non-hydrogen) atoms. The highest BCUT2D eigenvalue weighted by Crippen LogP contribution is 2.36. The Kier molecular flexibility index (Phi) is 4.07. The van der Waals surface area contributed by atoms with Gasteiger partial charge in [0.15, 0.2) is 0 Å². The molecule has 1 aromatic carbocycles. The first-order valence-electron chi connectivity index (χ1n) is 6.32. The third-order valence-electron chi connectivity index (χ3n) is 3.24. The van der Waals surface area contributed by atoms with Gasteiger partial charge in [-0.1, -0.05) is 0 Å². The highest BCUT2D eigenvalue weighted by Gasteiger charge is 2.23. The van der Waals surface area contributed by atoms with Gasteiger partial charge in [0.05, 0.1) is 13.7 Å². The summed E-state index contributed by atoms with van der Waals surface area (Å²) < 4.78 is 10.2. The van der Waals surface area contributed by atoms with Gasteiger partial charge in [0, 0.05) is 24.6 Å². The predicted molar refractivity (Wildman–Crippen MR) is 70.1 cm³/mol. The minimum absolute atomic E-state index is 0.117. The van der Waals surface area contributed by atoms with Crippen LogP contribution >= 0.6 is 0 Å². The van der Waals surface area contributed by atoms with Crippen molar-refractivity contribution in [2.45, 2.75) is 25.7 Å². The molecule has 4 heteroatoms. The lowest BCUT2D eigenvalue weighted by atomic mass is 9.96. The maximum atomic E-state index is 11.4. The Morgan fingerprint density at radius 2 is 2.33 bits per heavy atom. The molecular weight excluding hydrogens is 230 g/mol. The van der Waals surface area contributed by atoms with Crippen molar-refractivity contribution in [1.82, 2.24) is 0 Å². The van der Waals surface area contributed by atoms with Crippen molar-refractivity contribution in [3.05, 3.63) is 23.8 Å². The number of hydrogen-bond donors (Lipinski definition) is 1. The summed E-state index contributed by atoms with van der Waals surface area (Å²) in [6, 6.07) is 6.02. The van der Waals surface area contributed by atoms with Crippen LogP contribution in [0, 0.1) is 0 Å². The van der Waals surface area contributed by atoms with Crippen LogP contribution in [0.25, 0.3) is 0 Å². The number of ether oxygens (including phenoxy) is 2. The Morgan fingerprint density at radius 1 is 1.50 bits per heavy atom. The first-order chi connectivity index (χ1) is 8.74. The van der Waals surface area contributed by atoms with Crippen molar-refractivity contribution in [2.75, 3.05) is 25.6 Å². The second kappa shape index (κ2) is 5.76. The molecule has 4 nitrogen and oxygen atoms in total. The van der Waals surface area contributed by atoms with E-state index in [2.05, 4.69) is 5.32 Å². The van der Waals surface area contributed by atoms with Gasteiger partial charge >= 0.3 is 5.97 Å². The number of carbonyl (C=O) groups excluding carboxylic acids is 1. The van der Waals surface area contributed by atoms with E-state index in [0.29, 0.717) is 18.9 Å². The van der Waals surface area contributed by atoms with Gasteiger partial charge in [0.2, 0.25) is 0 Å². The van der Waals surface area contributed by atoms with Gasteiger partial charge in [-0.25, -0.2) is 0 Å². The fraction of sp³-hybridized carbons (Fsp3) is 0.500. The molecule has 1 atom stereocenters. The quantitative estimate of drug-likeness (QED) is 0.815. The molecule has 1 aliphatic heterocycles. The Hall–Kier alpha value is -1.71. The summed E-state index contributed by atoms with van der Waals surface area (Å²) in [6.07, 6.45) is 1.28. The molecule has 0 aromatic heterocycles. The Balaban J connectivity index is 2.00. The van der Waals surface area contributed by atoms with Gasteiger partial charge in [0.25, 0.3) is 0 Å². The molecule has 2 rings (SSSR count). The zero-order valence-corrected chi connectivity index (χ0v) is 10.9. The van der Waals surface area contributed by atoms with Crippen LogP contribution in [0.15, 0.2) is 18.2 Å². The number of rotatable bonds is 5. The van der Waals surface area contributed by atoms with Crippen molar-refractivity contribution in [1.29, 1.82) is 0 Å². The maximum Gasteiger partial charge on any atom is 0.305 e. The summed E-state index contributed by atoms with van der Waals surface area (Å²) in [5, 5.41) is 3.35. The van der Waals surface area contributed by atoms with Crippen molar-refractivity contribution >= 4 is 11.7 Å². The van der Waals surface area contributed by atoms with Crippen LogP contribution in [-0.4, -0.2) is 26.2 Å². The smallest absolute Gasteiger partial charge is 0.305 e. The maximum absolute atomic E-state index is 11.4. The number of carbonyl (C=O) groups is 1. The van der Waals surface area contributed by atoms with E-state index in [9.17, 15) is 4.79 Å². The molecule has 0 spiro atoms. The first kappa shape index (κ1) is 12.7. The number of anilines is 1. The number of methoxy groups -OCH3 is 1. The van der Waals surface area contributed by atoms with Gasteiger partial charge in [-0.3, -0.25) is 4.79 Å². The molecular formula is C14H19NO3. The SMILES string of the molecule is CCOC(=O)CC[C@@H]1CNc2ccc(OC)cc21. The molecule has 0 radical (unpaired) electrons. The lowest BCUT2D eigenvalue weighted by molar-refractivity contribution is -0.143. The van der Waals surface area contributed by atoms with Crippen LogP contribution in [0.5, 0.6) is 5.75 Å².